The molecule has 1 amide bonds. The predicted octanol–water partition coefficient (Wildman–Crippen LogP) is 4.09. The van der Waals surface area contributed by atoms with Gasteiger partial charge in [0, 0.05) is 37.2 Å². The van der Waals surface area contributed by atoms with E-state index >= 15 is 4.39 Å². The lowest BCUT2D eigenvalue weighted by atomic mass is 9.97. The molecule has 37 heavy (non-hydrogen) atoms. The molecule has 5 atom stereocenters. The van der Waals surface area contributed by atoms with Gasteiger partial charge in [0.2, 0.25) is 5.91 Å². The van der Waals surface area contributed by atoms with E-state index in [0.29, 0.717) is 42.0 Å². The van der Waals surface area contributed by atoms with Gasteiger partial charge in [0.05, 0.1) is 27.5 Å². The molecular formula is C28H33FN4O3S. The zero-order valence-corrected chi connectivity index (χ0v) is 21.8. The van der Waals surface area contributed by atoms with Gasteiger partial charge >= 0.3 is 0 Å². The molecule has 3 fully saturated rings. The fourth-order valence-corrected chi connectivity index (χ4v) is 7.54. The maximum atomic E-state index is 15.1. The van der Waals surface area contributed by atoms with Crippen LogP contribution in [0.4, 0.5) is 10.1 Å². The summed E-state index contributed by atoms with van der Waals surface area (Å²) in [4.78, 5) is 12.7. The van der Waals surface area contributed by atoms with Crippen LogP contribution in [0.1, 0.15) is 37.7 Å². The third kappa shape index (κ3) is 5.87. The van der Waals surface area contributed by atoms with Crippen LogP contribution in [0.2, 0.25) is 0 Å². The van der Waals surface area contributed by atoms with Crippen LogP contribution in [0.15, 0.2) is 46.8 Å². The minimum absolute atomic E-state index is 0.00481. The smallest absolute Gasteiger partial charge is 0.238 e. The highest BCUT2D eigenvalue weighted by molar-refractivity contribution is 7.93. The number of piperidine rings is 1. The molecule has 3 aliphatic rings. The second-order valence-electron chi connectivity index (χ2n) is 10.4. The molecule has 5 rings (SSSR count). The summed E-state index contributed by atoms with van der Waals surface area (Å²) in [6, 6.07) is 13.6. The normalized spacial score (nSPS) is 25.7. The molecule has 2 bridgehead atoms. The lowest BCUT2D eigenvalue weighted by molar-refractivity contribution is -0.124. The number of rotatable bonds is 7. The van der Waals surface area contributed by atoms with Crippen LogP contribution >= 0.6 is 0 Å². The average molecular weight is 525 g/mol. The summed E-state index contributed by atoms with van der Waals surface area (Å²) in [6.45, 7) is 1.21. The molecule has 2 saturated heterocycles. The Bertz CT molecular complexity index is 1330. The third-order valence-corrected chi connectivity index (χ3v) is 10.1. The third-order valence-electron chi connectivity index (χ3n) is 7.84. The van der Waals surface area contributed by atoms with Crippen LogP contribution in [0.5, 0.6) is 0 Å². The maximum absolute atomic E-state index is 15.1. The molecule has 0 aromatic heterocycles. The van der Waals surface area contributed by atoms with Gasteiger partial charge in [-0.25, -0.2) is 8.60 Å². The zero-order valence-electron chi connectivity index (χ0n) is 21.0. The van der Waals surface area contributed by atoms with Gasteiger partial charge in [0.25, 0.3) is 0 Å². The van der Waals surface area contributed by atoms with Crippen molar-refractivity contribution in [3.63, 3.8) is 0 Å². The van der Waals surface area contributed by atoms with Gasteiger partial charge in [-0.1, -0.05) is 24.3 Å². The Balaban J connectivity index is 1.28. The van der Waals surface area contributed by atoms with Crippen molar-refractivity contribution in [2.75, 3.05) is 19.5 Å². The highest BCUT2D eigenvalue weighted by Crippen LogP contribution is 2.35. The Kier molecular flexibility index (Phi) is 7.61. The minimum atomic E-state index is -2.43. The molecule has 2 heterocycles. The van der Waals surface area contributed by atoms with Crippen molar-refractivity contribution in [2.45, 2.75) is 61.9 Å². The first-order valence-corrected chi connectivity index (χ1v) is 14.9. The van der Waals surface area contributed by atoms with Crippen molar-refractivity contribution in [2.24, 2.45) is 10.3 Å². The van der Waals surface area contributed by atoms with Crippen molar-refractivity contribution in [1.82, 2.24) is 10.6 Å². The standard InChI is InChI=1S/C28H33FN4O3S/c1-37(35,25-9-11-36-12-10-25)33-23-4-2-3-18(13-23)19-5-6-20(26(29)16-19)14-24(17-30)32-28(34)27-21-7-8-22(15-21)31-27/h2-6,13,16,21-22,24-25,27,31H,7-12,14-15H2,1H3,(H,32,34)/t21-,22+,24-,27-,37?/m0/s1. The van der Waals surface area contributed by atoms with Gasteiger partial charge in [-0.3, -0.25) is 4.79 Å². The van der Waals surface area contributed by atoms with E-state index in [2.05, 4.69) is 21.1 Å². The highest BCUT2D eigenvalue weighted by Gasteiger charge is 2.43. The summed E-state index contributed by atoms with van der Waals surface area (Å²) in [5.74, 6) is -0.292. The van der Waals surface area contributed by atoms with E-state index in [1.165, 1.54) is 6.07 Å². The lowest BCUT2D eigenvalue weighted by Crippen LogP contribution is -2.50. The second kappa shape index (κ2) is 10.9. The van der Waals surface area contributed by atoms with Crippen molar-refractivity contribution in [1.29, 1.82) is 5.26 Å². The quantitative estimate of drug-likeness (QED) is 0.568. The van der Waals surface area contributed by atoms with E-state index < -0.39 is 21.6 Å². The number of halogens is 1. The Morgan fingerprint density at radius 1 is 1.22 bits per heavy atom. The summed E-state index contributed by atoms with van der Waals surface area (Å²) in [6.07, 6.45) is 6.38. The number of nitriles is 1. The van der Waals surface area contributed by atoms with Crippen LogP contribution in [-0.2, 0) is 25.7 Å². The van der Waals surface area contributed by atoms with Gasteiger partial charge < -0.3 is 15.4 Å². The number of amides is 1. The predicted molar refractivity (Wildman–Crippen MR) is 141 cm³/mol. The molecule has 2 aromatic rings. The molecular weight excluding hydrogens is 491 g/mol. The number of hydrogen-bond donors (Lipinski definition) is 2. The largest absolute Gasteiger partial charge is 0.381 e. The second-order valence-corrected chi connectivity index (χ2v) is 13.0. The van der Waals surface area contributed by atoms with E-state index in [4.69, 9.17) is 4.74 Å². The van der Waals surface area contributed by atoms with Crippen LogP contribution in [0.3, 0.4) is 0 Å². The van der Waals surface area contributed by atoms with Crippen molar-refractivity contribution >= 4 is 21.3 Å². The number of carbonyl (C=O) groups is 1. The summed E-state index contributed by atoms with van der Waals surface area (Å²) < 4.78 is 38.3. The van der Waals surface area contributed by atoms with Gasteiger partial charge in [0.1, 0.15) is 11.9 Å². The Hall–Kier alpha value is -2.80. The average Bonchev–Trinajstić information content (AvgIpc) is 3.54. The van der Waals surface area contributed by atoms with Crippen molar-refractivity contribution in [3.05, 3.63) is 53.8 Å². The van der Waals surface area contributed by atoms with Crippen LogP contribution in [-0.4, -0.2) is 53.0 Å². The van der Waals surface area contributed by atoms with E-state index in [1.807, 2.05) is 24.3 Å². The molecule has 0 spiro atoms. The molecule has 2 aliphatic heterocycles. The van der Waals surface area contributed by atoms with Gasteiger partial charge in [-0.2, -0.15) is 9.62 Å². The SMILES string of the molecule is CS(=O)(=Nc1cccc(-c2ccc(C[C@@H](C#N)NC(=O)[C@H]3N[C@@H]4CC[C@H]3C4)c(F)c2)c1)C1CCOCC1. The topological polar surface area (TPSA) is 104 Å². The van der Waals surface area contributed by atoms with E-state index in [-0.39, 0.29) is 23.6 Å². The number of carbonyl (C=O) groups excluding carboxylic acids is 1. The summed E-state index contributed by atoms with van der Waals surface area (Å²) in [5, 5.41) is 15.7. The number of nitrogens with zero attached hydrogens (tertiary/aromatic N) is 2. The fraction of sp³-hybridized carbons (Fsp3) is 0.500. The van der Waals surface area contributed by atoms with Gasteiger partial charge in [-0.05, 0) is 72.9 Å². The summed E-state index contributed by atoms with van der Waals surface area (Å²) in [7, 11) is -2.43. The Labute approximate surface area is 218 Å². The Morgan fingerprint density at radius 3 is 2.68 bits per heavy atom. The van der Waals surface area contributed by atoms with Crippen LogP contribution in [0.25, 0.3) is 11.1 Å². The summed E-state index contributed by atoms with van der Waals surface area (Å²) in [5.41, 5.74) is 2.40. The monoisotopic (exact) mass is 524 g/mol. The number of ether oxygens (including phenoxy) is 1. The minimum Gasteiger partial charge on any atom is -0.381 e. The molecule has 1 saturated carbocycles. The van der Waals surface area contributed by atoms with E-state index in [1.54, 1.807) is 18.4 Å². The maximum Gasteiger partial charge on any atom is 0.238 e. The lowest BCUT2D eigenvalue weighted by Gasteiger charge is -2.23. The van der Waals surface area contributed by atoms with Crippen molar-refractivity contribution in [3.8, 4) is 17.2 Å². The Morgan fingerprint density at radius 2 is 2.00 bits per heavy atom. The zero-order chi connectivity index (χ0) is 26.0. The van der Waals surface area contributed by atoms with Crippen LogP contribution < -0.4 is 10.6 Å². The number of fused-ring (bicyclic) bond motifs is 2. The van der Waals surface area contributed by atoms with E-state index in [0.717, 1.165) is 37.7 Å². The fourth-order valence-electron chi connectivity index (χ4n) is 5.79. The first-order chi connectivity index (χ1) is 17.8. The highest BCUT2D eigenvalue weighted by atomic mass is 32.2. The van der Waals surface area contributed by atoms with Crippen LogP contribution in [0, 0.1) is 23.1 Å². The molecule has 196 valence electrons. The number of hydrogen-bond acceptors (Lipinski definition) is 6. The molecule has 2 aromatic carbocycles. The molecule has 1 unspecified atom stereocenters. The van der Waals surface area contributed by atoms with Gasteiger partial charge in [0.15, 0.2) is 0 Å². The molecule has 2 N–H and O–H groups in total. The first kappa shape index (κ1) is 25.8. The van der Waals surface area contributed by atoms with Crippen molar-refractivity contribution < 1.29 is 18.1 Å². The molecule has 1 aliphatic carbocycles. The number of nitrogens with one attached hydrogen (secondary N) is 2. The van der Waals surface area contributed by atoms with Gasteiger partial charge in [-0.15, -0.1) is 0 Å². The summed E-state index contributed by atoms with van der Waals surface area (Å²) >= 11 is 0. The van der Waals surface area contributed by atoms with E-state index in [9.17, 15) is 14.3 Å². The number of benzene rings is 2. The molecule has 9 heteroatoms. The first-order valence-electron chi connectivity index (χ1n) is 13.0. The molecule has 0 radical (unpaired) electrons. The molecule has 7 nitrogen and oxygen atoms in total.